The van der Waals surface area contributed by atoms with Gasteiger partial charge in [0.25, 0.3) is 0 Å². The smallest absolute Gasteiger partial charge is 0.189 e. The predicted octanol–water partition coefficient (Wildman–Crippen LogP) is 2.69. The monoisotopic (exact) mass is 284 g/mol. The van der Waals surface area contributed by atoms with E-state index in [4.69, 9.17) is 10.2 Å². The number of rotatable bonds is 4. The lowest BCUT2D eigenvalue weighted by molar-refractivity contribution is 0.571. The molecule has 1 fully saturated rings. The van der Waals surface area contributed by atoms with Crippen molar-refractivity contribution in [2.45, 2.75) is 38.3 Å². The van der Waals surface area contributed by atoms with Gasteiger partial charge >= 0.3 is 0 Å². The molecule has 1 aromatic carbocycles. The molecule has 0 radical (unpaired) electrons. The quantitative estimate of drug-likeness (QED) is 0.668. The number of aliphatic imine (C=N–C) groups is 1. The Kier molecular flexibility index (Phi) is 4.19. The maximum absolute atomic E-state index is 5.94. The van der Waals surface area contributed by atoms with Gasteiger partial charge in [-0.1, -0.05) is 43.2 Å². The summed E-state index contributed by atoms with van der Waals surface area (Å²) < 4.78 is 5.47. The fraction of sp³-hybridized carbons (Fsp3) is 0.375. The summed E-state index contributed by atoms with van der Waals surface area (Å²) >= 11 is 0. The molecule has 5 nitrogen and oxygen atoms in total. The van der Waals surface area contributed by atoms with Crippen LogP contribution in [0.4, 0.5) is 0 Å². The van der Waals surface area contributed by atoms with Crippen molar-refractivity contribution in [3.05, 3.63) is 42.4 Å². The second-order valence-electron chi connectivity index (χ2n) is 5.32. The minimum atomic E-state index is 0.423. The summed E-state index contributed by atoms with van der Waals surface area (Å²) in [6.07, 6.45) is 6.34. The molecule has 1 heterocycles. The normalized spacial score (nSPS) is 16.3. The predicted molar refractivity (Wildman–Crippen MR) is 82.7 cm³/mol. The molecule has 1 aliphatic carbocycles. The van der Waals surface area contributed by atoms with E-state index in [-0.39, 0.29) is 0 Å². The van der Waals surface area contributed by atoms with Crippen molar-refractivity contribution in [3.63, 3.8) is 0 Å². The molecular formula is C16H20N4O. The first kappa shape index (κ1) is 13.7. The first-order chi connectivity index (χ1) is 10.3. The zero-order valence-corrected chi connectivity index (χ0v) is 12.0. The van der Waals surface area contributed by atoms with Crippen LogP contribution in [0.25, 0.3) is 11.3 Å². The first-order valence-corrected chi connectivity index (χ1v) is 7.37. The van der Waals surface area contributed by atoms with Crippen molar-refractivity contribution >= 4 is 5.96 Å². The Morgan fingerprint density at radius 1 is 1.29 bits per heavy atom. The Hall–Kier alpha value is -2.30. The lowest BCUT2D eigenvalue weighted by Gasteiger charge is -2.11. The number of benzene rings is 1. The van der Waals surface area contributed by atoms with Crippen LogP contribution in [0.2, 0.25) is 0 Å². The van der Waals surface area contributed by atoms with Gasteiger partial charge in [0.15, 0.2) is 18.1 Å². The molecule has 0 bridgehead atoms. The van der Waals surface area contributed by atoms with Crippen LogP contribution in [0, 0.1) is 0 Å². The van der Waals surface area contributed by atoms with Crippen molar-refractivity contribution in [1.82, 2.24) is 10.3 Å². The van der Waals surface area contributed by atoms with Crippen LogP contribution in [-0.2, 0) is 6.54 Å². The minimum Gasteiger partial charge on any atom is -0.443 e. The maximum Gasteiger partial charge on any atom is 0.189 e. The molecule has 5 heteroatoms. The number of hydrogen-bond donors (Lipinski definition) is 2. The molecule has 3 rings (SSSR count). The highest BCUT2D eigenvalue weighted by atomic mass is 16.3. The average molecular weight is 284 g/mol. The minimum absolute atomic E-state index is 0.423. The topological polar surface area (TPSA) is 76.4 Å². The van der Waals surface area contributed by atoms with Crippen molar-refractivity contribution in [1.29, 1.82) is 0 Å². The fourth-order valence-corrected chi connectivity index (χ4v) is 2.69. The molecule has 0 atom stereocenters. The van der Waals surface area contributed by atoms with E-state index in [9.17, 15) is 0 Å². The van der Waals surface area contributed by atoms with Crippen molar-refractivity contribution < 1.29 is 4.42 Å². The summed E-state index contributed by atoms with van der Waals surface area (Å²) in [6.45, 7) is 0.423. The molecule has 3 N–H and O–H groups in total. The maximum atomic E-state index is 5.94. The molecular weight excluding hydrogens is 264 g/mol. The highest BCUT2D eigenvalue weighted by Crippen LogP contribution is 2.23. The van der Waals surface area contributed by atoms with Gasteiger partial charge < -0.3 is 15.5 Å². The van der Waals surface area contributed by atoms with Crippen LogP contribution < -0.4 is 11.1 Å². The summed E-state index contributed by atoms with van der Waals surface area (Å²) in [5, 5.41) is 3.27. The molecule has 0 saturated heterocycles. The molecule has 0 unspecified atom stereocenters. The van der Waals surface area contributed by atoms with Gasteiger partial charge in [0.2, 0.25) is 0 Å². The van der Waals surface area contributed by atoms with Gasteiger partial charge in [0, 0.05) is 11.6 Å². The highest BCUT2D eigenvalue weighted by molar-refractivity contribution is 5.78. The second-order valence-corrected chi connectivity index (χ2v) is 5.32. The largest absolute Gasteiger partial charge is 0.443 e. The van der Waals surface area contributed by atoms with Crippen molar-refractivity contribution in [3.8, 4) is 11.3 Å². The number of nitrogens with one attached hydrogen (secondary N) is 1. The summed E-state index contributed by atoms with van der Waals surface area (Å²) in [5.41, 5.74) is 7.74. The van der Waals surface area contributed by atoms with Gasteiger partial charge in [-0.15, -0.1) is 0 Å². The molecule has 1 aliphatic rings. The van der Waals surface area contributed by atoms with E-state index in [1.165, 1.54) is 32.1 Å². The Labute approximate surface area is 124 Å². The van der Waals surface area contributed by atoms with Gasteiger partial charge in [-0.3, -0.25) is 0 Å². The number of nitrogens with two attached hydrogens (primary N) is 1. The van der Waals surface area contributed by atoms with Gasteiger partial charge in [0.05, 0.1) is 6.54 Å². The summed E-state index contributed by atoms with van der Waals surface area (Å²) in [6, 6.07) is 10.4. The zero-order valence-electron chi connectivity index (χ0n) is 12.0. The number of guanidine groups is 1. The SMILES string of the molecule is NC(=NCc1ncoc1-c1ccccc1)NC1CCCC1. The first-order valence-electron chi connectivity index (χ1n) is 7.37. The Balaban J connectivity index is 1.67. The van der Waals surface area contributed by atoms with Crippen LogP contribution in [0.15, 0.2) is 46.1 Å². The van der Waals surface area contributed by atoms with E-state index < -0.39 is 0 Å². The Bertz CT molecular complexity index is 600. The third-order valence-electron chi connectivity index (χ3n) is 3.78. The van der Waals surface area contributed by atoms with E-state index in [1.54, 1.807) is 0 Å². The van der Waals surface area contributed by atoms with Crippen LogP contribution in [0.1, 0.15) is 31.4 Å². The van der Waals surface area contributed by atoms with E-state index in [0.29, 0.717) is 18.5 Å². The summed E-state index contributed by atoms with van der Waals surface area (Å²) in [5.74, 6) is 1.25. The zero-order chi connectivity index (χ0) is 14.5. The highest BCUT2D eigenvalue weighted by Gasteiger charge is 2.15. The third kappa shape index (κ3) is 3.42. The van der Waals surface area contributed by atoms with E-state index in [1.807, 2.05) is 30.3 Å². The molecule has 0 aliphatic heterocycles. The van der Waals surface area contributed by atoms with Gasteiger partial charge in [-0.05, 0) is 12.8 Å². The average Bonchev–Trinajstić information content (AvgIpc) is 3.17. The van der Waals surface area contributed by atoms with Crippen LogP contribution >= 0.6 is 0 Å². The standard InChI is InChI=1S/C16H20N4O/c17-16(20-13-8-4-5-9-13)18-10-14-15(21-11-19-14)12-6-2-1-3-7-12/h1-3,6-7,11,13H,4-5,8-10H2,(H3,17,18,20). The molecule has 0 spiro atoms. The van der Waals surface area contributed by atoms with E-state index >= 15 is 0 Å². The van der Waals surface area contributed by atoms with Crippen LogP contribution in [0.3, 0.4) is 0 Å². The van der Waals surface area contributed by atoms with Gasteiger partial charge in [0.1, 0.15) is 5.69 Å². The van der Waals surface area contributed by atoms with Crippen molar-refractivity contribution in [2.24, 2.45) is 10.7 Å². The van der Waals surface area contributed by atoms with Crippen LogP contribution in [0.5, 0.6) is 0 Å². The molecule has 1 saturated carbocycles. The lowest BCUT2D eigenvalue weighted by atomic mass is 10.1. The van der Waals surface area contributed by atoms with Gasteiger partial charge in [-0.25, -0.2) is 9.98 Å². The van der Waals surface area contributed by atoms with Gasteiger partial charge in [-0.2, -0.15) is 0 Å². The van der Waals surface area contributed by atoms with Crippen molar-refractivity contribution in [2.75, 3.05) is 0 Å². The summed E-state index contributed by atoms with van der Waals surface area (Å²) in [4.78, 5) is 8.62. The molecule has 2 aromatic rings. The number of nitrogens with zero attached hydrogens (tertiary/aromatic N) is 2. The van der Waals surface area contributed by atoms with E-state index in [0.717, 1.165) is 17.0 Å². The van der Waals surface area contributed by atoms with Crippen LogP contribution in [-0.4, -0.2) is 17.0 Å². The molecule has 1 aromatic heterocycles. The molecule has 110 valence electrons. The lowest BCUT2D eigenvalue weighted by Crippen LogP contribution is -2.38. The van der Waals surface area contributed by atoms with E-state index in [2.05, 4.69) is 15.3 Å². The fourth-order valence-electron chi connectivity index (χ4n) is 2.69. The number of hydrogen-bond acceptors (Lipinski definition) is 3. The Morgan fingerprint density at radius 2 is 2.05 bits per heavy atom. The number of aromatic nitrogens is 1. The Morgan fingerprint density at radius 3 is 2.81 bits per heavy atom. The summed E-state index contributed by atoms with van der Waals surface area (Å²) in [7, 11) is 0. The second kappa shape index (κ2) is 6.43. The third-order valence-corrected chi connectivity index (χ3v) is 3.78. The number of oxazole rings is 1. The molecule has 21 heavy (non-hydrogen) atoms. The molecule has 0 amide bonds.